The molecule has 0 fully saturated rings. The summed E-state index contributed by atoms with van der Waals surface area (Å²) in [6.07, 6.45) is 2.73. The van der Waals surface area contributed by atoms with Crippen molar-refractivity contribution in [2.45, 2.75) is 19.9 Å². The van der Waals surface area contributed by atoms with Gasteiger partial charge in [0.15, 0.2) is 0 Å². The highest BCUT2D eigenvalue weighted by Crippen LogP contribution is 2.08. The Balaban J connectivity index is 2.24. The zero-order chi connectivity index (χ0) is 10.9. The molecule has 0 aliphatic heterocycles. The minimum absolute atomic E-state index is 0.505. The monoisotopic (exact) mass is 210 g/mol. The topological polar surface area (TPSA) is 57.4 Å². The first kappa shape index (κ1) is 11.9. The van der Waals surface area contributed by atoms with Crippen LogP contribution in [0.2, 0.25) is 0 Å². The molecule has 0 amide bonds. The van der Waals surface area contributed by atoms with Crippen molar-refractivity contribution < 1.29 is 9.47 Å². The fraction of sp³-hybridized carbons (Fsp3) is 0.545. The smallest absolute Gasteiger partial charge is 0.213 e. The van der Waals surface area contributed by atoms with Crippen molar-refractivity contribution in [3.63, 3.8) is 0 Å². The fourth-order valence-corrected chi connectivity index (χ4v) is 1.11. The van der Waals surface area contributed by atoms with E-state index in [2.05, 4.69) is 11.9 Å². The first-order valence-electron chi connectivity index (χ1n) is 5.22. The van der Waals surface area contributed by atoms with Gasteiger partial charge in [0.05, 0.1) is 6.61 Å². The van der Waals surface area contributed by atoms with E-state index < -0.39 is 0 Å². The maximum Gasteiger partial charge on any atom is 0.213 e. The maximum absolute atomic E-state index is 5.51. The molecule has 0 aromatic carbocycles. The highest BCUT2D eigenvalue weighted by atomic mass is 16.5. The third-order valence-corrected chi connectivity index (χ3v) is 1.86. The Hall–Kier alpha value is -1.13. The van der Waals surface area contributed by atoms with E-state index in [4.69, 9.17) is 15.2 Å². The summed E-state index contributed by atoms with van der Waals surface area (Å²) in [6.45, 7) is 4.49. The van der Waals surface area contributed by atoms with Gasteiger partial charge in [0, 0.05) is 25.4 Å². The first-order valence-corrected chi connectivity index (χ1v) is 5.22. The molecule has 0 aliphatic carbocycles. The number of hydrogen-bond acceptors (Lipinski definition) is 4. The van der Waals surface area contributed by atoms with Crippen LogP contribution in [0.3, 0.4) is 0 Å². The molecule has 0 saturated carbocycles. The van der Waals surface area contributed by atoms with E-state index >= 15 is 0 Å². The van der Waals surface area contributed by atoms with Crippen LogP contribution in [0.25, 0.3) is 0 Å². The summed E-state index contributed by atoms with van der Waals surface area (Å²) in [5, 5.41) is 0. The summed E-state index contributed by atoms with van der Waals surface area (Å²) >= 11 is 0. The molecular weight excluding hydrogens is 192 g/mol. The number of aromatic nitrogens is 1. The van der Waals surface area contributed by atoms with Crippen molar-refractivity contribution in [2.24, 2.45) is 5.73 Å². The van der Waals surface area contributed by atoms with Gasteiger partial charge in [0.25, 0.3) is 0 Å². The molecule has 4 heteroatoms. The third-order valence-electron chi connectivity index (χ3n) is 1.86. The Bertz CT molecular complexity index is 279. The number of nitrogens with two attached hydrogens (primary N) is 1. The van der Waals surface area contributed by atoms with Gasteiger partial charge in [-0.1, -0.05) is 6.92 Å². The molecule has 0 unspecified atom stereocenters. The van der Waals surface area contributed by atoms with Crippen LogP contribution in [0, 0.1) is 0 Å². The zero-order valence-corrected chi connectivity index (χ0v) is 9.11. The highest BCUT2D eigenvalue weighted by molar-refractivity contribution is 5.19. The Kier molecular flexibility index (Phi) is 5.73. The van der Waals surface area contributed by atoms with E-state index in [9.17, 15) is 0 Å². The minimum atomic E-state index is 0.505. The lowest BCUT2D eigenvalue weighted by Crippen LogP contribution is -2.08. The molecule has 0 radical (unpaired) electrons. The second-order valence-corrected chi connectivity index (χ2v) is 3.17. The van der Waals surface area contributed by atoms with Crippen LogP contribution in [-0.4, -0.2) is 24.8 Å². The minimum Gasteiger partial charge on any atom is -0.475 e. The van der Waals surface area contributed by atoms with Crippen molar-refractivity contribution in [2.75, 3.05) is 19.8 Å². The van der Waals surface area contributed by atoms with E-state index in [1.807, 2.05) is 12.1 Å². The van der Waals surface area contributed by atoms with Crippen LogP contribution < -0.4 is 10.5 Å². The maximum atomic E-state index is 5.51. The molecule has 1 heterocycles. The van der Waals surface area contributed by atoms with Crippen molar-refractivity contribution in [1.82, 2.24) is 4.98 Å². The fourth-order valence-electron chi connectivity index (χ4n) is 1.11. The Labute approximate surface area is 90.4 Å². The average molecular weight is 210 g/mol. The normalized spacial score (nSPS) is 10.3. The van der Waals surface area contributed by atoms with Crippen LogP contribution in [0.5, 0.6) is 5.88 Å². The summed E-state index contributed by atoms with van der Waals surface area (Å²) < 4.78 is 10.7. The largest absolute Gasteiger partial charge is 0.475 e. The van der Waals surface area contributed by atoms with E-state index in [1.165, 1.54) is 0 Å². The number of rotatable bonds is 7. The SMILES string of the molecule is CCCOCCOc1cc(CN)ccn1. The standard InChI is InChI=1S/C11H18N2O2/c1-2-5-14-6-7-15-11-8-10(9-12)3-4-13-11/h3-4,8H,2,5-7,9,12H2,1H3. The number of hydrogen-bond donors (Lipinski definition) is 1. The summed E-state index contributed by atoms with van der Waals surface area (Å²) in [6, 6.07) is 3.72. The molecule has 4 nitrogen and oxygen atoms in total. The van der Waals surface area contributed by atoms with Gasteiger partial charge in [-0.25, -0.2) is 4.98 Å². The molecule has 1 rings (SSSR count). The average Bonchev–Trinajstić information content (AvgIpc) is 2.29. The van der Waals surface area contributed by atoms with Crippen LogP contribution in [0.4, 0.5) is 0 Å². The van der Waals surface area contributed by atoms with E-state index in [0.29, 0.717) is 25.6 Å². The predicted molar refractivity (Wildman–Crippen MR) is 58.7 cm³/mol. The summed E-state index contributed by atoms with van der Waals surface area (Å²) in [5.74, 6) is 0.609. The molecule has 15 heavy (non-hydrogen) atoms. The molecule has 1 aromatic heterocycles. The van der Waals surface area contributed by atoms with Crippen molar-refractivity contribution in [1.29, 1.82) is 0 Å². The summed E-state index contributed by atoms with van der Waals surface area (Å²) in [5.41, 5.74) is 6.53. The van der Waals surface area contributed by atoms with Crippen LogP contribution in [0.15, 0.2) is 18.3 Å². The second kappa shape index (κ2) is 7.20. The highest BCUT2D eigenvalue weighted by Gasteiger charge is 1.96. The van der Waals surface area contributed by atoms with Crippen molar-refractivity contribution in [3.05, 3.63) is 23.9 Å². The third kappa shape index (κ3) is 4.76. The Morgan fingerprint density at radius 2 is 2.20 bits per heavy atom. The summed E-state index contributed by atoms with van der Waals surface area (Å²) in [7, 11) is 0. The van der Waals surface area contributed by atoms with Crippen LogP contribution in [0.1, 0.15) is 18.9 Å². The second-order valence-electron chi connectivity index (χ2n) is 3.17. The molecule has 2 N–H and O–H groups in total. The van der Waals surface area contributed by atoms with Gasteiger partial charge in [-0.3, -0.25) is 0 Å². The first-order chi connectivity index (χ1) is 7.36. The number of ether oxygens (including phenoxy) is 2. The van der Waals surface area contributed by atoms with Gasteiger partial charge >= 0.3 is 0 Å². The van der Waals surface area contributed by atoms with Crippen molar-refractivity contribution in [3.8, 4) is 5.88 Å². The van der Waals surface area contributed by atoms with Crippen molar-refractivity contribution >= 4 is 0 Å². The van der Waals surface area contributed by atoms with E-state index in [0.717, 1.165) is 18.6 Å². The van der Waals surface area contributed by atoms with Gasteiger partial charge in [-0.15, -0.1) is 0 Å². The van der Waals surface area contributed by atoms with E-state index in [1.54, 1.807) is 6.20 Å². The molecule has 84 valence electrons. The molecule has 0 spiro atoms. The van der Waals surface area contributed by atoms with Gasteiger partial charge in [0.1, 0.15) is 6.61 Å². The van der Waals surface area contributed by atoms with Gasteiger partial charge in [-0.05, 0) is 18.1 Å². The summed E-state index contributed by atoms with van der Waals surface area (Å²) in [4.78, 5) is 4.07. The predicted octanol–water partition coefficient (Wildman–Crippen LogP) is 1.35. The van der Waals surface area contributed by atoms with E-state index in [-0.39, 0.29) is 0 Å². The lowest BCUT2D eigenvalue weighted by atomic mass is 10.3. The number of nitrogens with zero attached hydrogens (tertiary/aromatic N) is 1. The van der Waals surface area contributed by atoms with Gasteiger partial charge in [-0.2, -0.15) is 0 Å². The van der Waals surface area contributed by atoms with Gasteiger partial charge in [0.2, 0.25) is 5.88 Å². The molecule has 0 bridgehead atoms. The number of pyridine rings is 1. The van der Waals surface area contributed by atoms with Crippen LogP contribution in [-0.2, 0) is 11.3 Å². The van der Waals surface area contributed by atoms with Gasteiger partial charge < -0.3 is 15.2 Å². The molecule has 0 aliphatic rings. The lowest BCUT2D eigenvalue weighted by molar-refractivity contribution is 0.0990. The lowest BCUT2D eigenvalue weighted by Gasteiger charge is -2.06. The molecular formula is C11H18N2O2. The molecule has 0 atom stereocenters. The zero-order valence-electron chi connectivity index (χ0n) is 9.11. The molecule has 1 aromatic rings. The quantitative estimate of drug-likeness (QED) is 0.690. The molecule has 0 saturated heterocycles. The van der Waals surface area contributed by atoms with Crippen LogP contribution >= 0.6 is 0 Å². The Morgan fingerprint density at radius 3 is 2.93 bits per heavy atom. The Morgan fingerprint density at radius 1 is 1.33 bits per heavy atom.